The Morgan fingerprint density at radius 2 is 1.92 bits per heavy atom. The monoisotopic (exact) mass is 741 g/mol. The van der Waals surface area contributed by atoms with Crippen LogP contribution in [0.4, 0.5) is 9.52 Å². The van der Waals surface area contributed by atoms with Crippen molar-refractivity contribution in [1.82, 2.24) is 20.0 Å². The van der Waals surface area contributed by atoms with Crippen LogP contribution in [0.2, 0.25) is 0 Å². The van der Waals surface area contributed by atoms with E-state index in [1.165, 1.54) is 19.2 Å². The summed E-state index contributed by atoms with van der Waals surface area (Å²) in [5.41, 5.74) is 17.0. The highest BCUT2D eigenvalue weighted by molar-refractivity contribution is 7.80. The van der Waals surface area contributed by atoms with Gasteiger partial charge in [-0.15, -0.1) is 16.0 Å². The van der Waals surface area contributed by atoms with Gasteiger partial charge in [-0.25, -0.2) is 17.8 Å². The molecule has 50 heavy (non-hydrogen) atoms. The molecule has 0 bridgehead atoms. The summed E-state index contributed by atoms with van der Waals surface area (Å²) in [6.45, 7) is 3.95. The Morgan fingerprint density at radius 3 is 2.48 bits per heavy atom. The van der Waals surface area contributed by atoms with Crippen molar-refractivity contribution in [3.05, 3.63) is 47.7 Å². The van der Waals surface area contributed by atoms with Crippen LogP contribution in [0.1, 0.15) is 26.0 Å². The number of carbonyl (C=O) groups excluding carboxylic acids is 4. The van der Waals surface area contributed by atoms with E-state index in [-0.39, 0.29) is 49.0 Å². The number of ether oxygens (including phenoxy) is 1. The van der Waals surface area contributed by atoms with E-state index in [1.807, 2.05) is 29.2 Å². The molecular formula is C28H36FN9O10S2. The van der Waals surface area contributed by atoms with Crippen molar-refractivity contribution in [2.75, 3.05) is 32.0 Å². The van der Waals surface area contributed by atoms with Gasteiger partial charge in [0.25, 0.3) is 11.8 Å². The molecule has 1 unspecified atom stereocenters. The number of nitrogen functional groups attached to an aromatic ring is 1. The molecule has 1 aliphatic heterocycles. The molecule has 1 fully saturated rings. The molecule has 272 valence electrons. The Kier molecular flexibility index (Phi) is 14.0. The number of amides is 2. The molecule has 0 spiro atoms. The van der Waals surface area contributed by atoms with Gasteiger partial charge in [0, 0.05) is 11.9 Å². The number of aryl methyl sites for hydroxylation is 1. The van der Waals surface area contributed by atoms with Crippen LogP contribution < -0.4 is 31.9 Å². The van der Waals surface area contributed by atoms with Crippen LogP contribution in [0, 0.1) is 0 Å². The van der Waals surface area contributed by atoms with Gasteiger partial charge in [0.2, 0.25) is 23.1 Å². The standard InChI is InChI=1S/C27H36FN9O8S2.CO2/c1-27(2)23(25(39)37(27)45-47(40,41)42)33-24(38)22(21-16-46-26(31)32-21)34-44-11-10-43-20-6-4-17(5-7-20)18-13-35(9-3-8-29)36(14-18)15-19(28)12-30;2-1-3/h4-7,13-14,16,19,23H,3,8-12,15,29-30H2,1-2H3,(H3-,31,32,33,38,40,41,42);/b34-22-;/t19?,23-;/m1./s1. The Hall–Kier alpha value is -4.83. The molecule has 0 aliphatic carbocycles. The molecule has 4 rings (SSSR count). The summed E-state index contributed by atoms with van der Waals surface area (Å²) in [5.74, 6) is -1.29. The van der Waals surface area contributed by atoms with Crippen LogP contribution in [0.25, 0.3) is 11.1 Å². The molecule has 7 N–H and O–H groups in total. The lowest BCUT2D eigenvalue weighted by atomic mass is 9.84. The zero-order valence-corrected chi connectivity index (χ0v) is 28.5. The molecule has 0 saturated carbocycles. The van der Waals surface area contributed by atoms with Crippen LogP contribution in [-0.2, 0) is 51.8 Å². The minimum Gasteiger partial charge on any atom is -0.724 e. The molecule has 1 aliphatic rings. The van der Waals surface area contributed by atoms with Gasteiger partial charge in [-0.3, -0.25) is 9.59 Å². The molecule has 2 amide bonds. The molecular weight excluding hydrogens is 705 g/mol. The van der Waals surface area contributed by atoms with E-state index in [4.69, 9.17) is 36.4 Å². The van der Waals surface area contributed by atoms with Gasteiger partial charge in [-0.05, 0) is 44.5 Å². The lowest BCUT2D eigenvalue weighted by Crippen LogP contribution is -2.76. The summed E-state index contributed by atoms with van der Waals surface area (Å²) in [7, 11) is -5.21. The third-order valence-electron chi connectivity index (χ3n) is 7.02. The van der Waals surface area contributed by atoms with Gasteiger partial charge in [-0.2, -0.15) is 23.6 Å². The average Bonchev–Trinajstić information content (AvgIpc) is 3.68. The average molecular weight is 742 g/mol. The fourth-order valence-corrected chi connectivity index (χ4v) is 5.60. The lowest BCUT2D eigenvalue weighted by molar-refractivity contribution is -0.778. The zero-order chi connectivity index (χ0) is 37.1. The van der Waals surface area contributed by atoms with E-state index >= 15 is 0 Å². The molecule has 22 heteroatoms. The highest BCUT2D eigenvalue weighted by Gasteiger charge is 2.57. The van der Waals surface area contributed by atoms with Crippen LogP contribution in [0.15, 0.2) is 47.2 Å². The molecule has 3 aromatic rings. The van der Waals surface area contributed by atoms with Crippen LogP contribution >= 0.6 is 11.3 Å². The molecule has 2 atom stereocenters. The molecule has 19 nitrogen and oxygen atoms in total. The number of rotatable bonds is 17. The number of oxime groups is 1. The van der Waals surface area contributed by atoms with Crippen molar-refractivity contribution in [3.63, 3.8) is 0 Å². The second kappa shape index (κ2) is 17.7. The Labute approximate surface area is 289 Å². The van der Waals surface area contributed by atoms with E-state index in [9.17, 15) is 27.0 Å². The van der Waals surface area contributed by atoms with Gasteiger partial charge in [-0.1, -0.05) is 17.3 Å². The number of nitrogens with zero attached hydrogens (tertiary/aromatic N) is 5. The first-order valence-corrected chi connectivity index (χ1v) is 16.9. The van der Waals surface area contributed by atoms with Crippen molar-refractivity contribution in [2.45, 2.75) is 51.1 Å². The topological polar surface area (TPSA) is 281 Å². The van der Waals surface area contributed by atoms with E-state index in [0.29, 0.717) is 23.9 Å². The van der Waals surface area contributed by atoms with Crippen molar-refractivity contribution in [2.24, 2.45) is 16.6 Å². The fraction of sp³-hybridized carbons (Fsp3) is 0.429. The number of alkyl halides is 1. The van der Waals surface area contributed by atoms with E-state index < -0.39 is 40.0 Å². The summed E-state index contributed by atoms with van der Waals surface area (Å²) >= 11 is 1.04. The summed E-state index contributed by atoms with van der Waals surface area (Å²) in [6.07, 6.45) is 3.59. The SMILES string of the molecule is CC1(C)[C@H](NC(=O)/C(=N\OCCOc2ccc(-c3cn(CCCN)[n+](CC(F)CN)c3)cc2)c2csc(N)n2)C(=O)N1OS(=O)(=O)[O-].O=C=O. The second-order valence-corrected chi connectivity index (χ2v) is 12.8. The Bertz CT molecular complexity index is 1790. The van der Waals surface area contributed by atoms with Crippen molar-refractivity contribution in [1.29, 1.82) is 0 Å². The predicted octanol–water partition coefficient (Wildman–Crippen LogP) is -1.16. The van der Waals surface area contributed by atoms with E-state index in [1.54, 1.807) is 16.8 Å². The number of nitrogens with two attached hydrogens (primary N) is 3. The first kappa shape index (κ1) is 39.6. The third kappa shape index (κ3) is 10.6. The summed E-state index contributed by atoms with van der Waals surface area (Å²) in [4.78, 5) is 51.1. The van der Waals surface area contributed by atoms with Gasteiger partial charge >= 0.3 is 6.15 Å². The smallest absolute Gasteiger partial charge is 0.373 e. The number of hydrogen-bond acceptors (Lipinski definition) is 16. The number of thiazole rings is 1. The van der Waals surface area contributed by atoms with Crippen LogP contribution in [-0.4, -0.2) is 95.4 Å². The number of benzene rings is 1. The fourth-order valence-electron chi connectivity index (χ4n) is 4.60. The largest absolute Gasteiger partial charge is 0.724 e. The van der Waals surface area contributed by atoms with Crippen LogP contribution in [0.5, 0.6) is 5.75 Å². The first-order valence-electron chi connectivity index (χ1n) is 14.7. The summed E-state index contributed by atoms with van der Waals surface area (Å²) in [5, 5.41) is 8.30. The van der Waals surface area contributed by atoms with Gasteiger partial charge < -0.3 is 36.6 Å². The number of nitrogens with one attached hydrogen (secondary N) is 1. The normalized spacial score (nSPS) is 16.0. The van der Waals surface area contributed by atoms with Crippen molar-refractivity contribution in [3.8, 4) is 16.9 Å². The molecule has 1 saturated heterocycles. The predicted molar refractivity (Wildman–Crippen MR) is 171 cm³/mol. The number of aromatic nitrogens is 3. The number of β-lactam (4-membered cyclic amide) rings is 1. The van der Waals surface area contributed by atoms with Crippen LogP contribution in [0.3, 0.4) is 0 Å². The minimum atomic E-state index is -5.21. The van der Waals surface area contributed by atoms with E-state index in [0.717, 1.165) is 28.9 Å². The summed E-state index contributed by atoms with van der Waals surface area (Å²) < 4.78 is 60.5. The Balaban J connectivity index is 0.00000217. The number of halogens is 1. The van der Waals surface area contributed by atoms with Crippen molar-refractivity contribution < 1.29 is 55.1 Å². The summed E-state index contributed by atoms with van der Waals surface area (Å²) in [6, 6.07) is 5.99. The Morgan fingerprint density at radius 1 is 1.24 bits per heavy atom. The minimum absolute atomic E-state index is 0.0491. The molecule has 0 radical (unpaired) electrons. The highest BCUT2D eigenvalue weighted by atomic mass is 32.3. The maximum atomic E-state index is 14.0. The molecule has 1 aromatic carbocycles. The van der Waals surface area contributed by atoms with Gasteiger partial charge in [0.15, 0.2) is 23.6 Å². The van der Waals surface area contributed by atoms with Gasteiger partial charge in [0.1, 0.15) is 24.1 Å². The molecule has 2 aromatic heterocycles. The number of anilines is 1. The number of carbonyl (C=O) groups is 2. The quantitative estimate of drug-likeness (QED) is 0.0242. The zero-order valence-electron chi connectivity index (χ0n) is 26.9. The maximum absolute atomic E-state index is 14.0. The number of hydrogen-bond donors (Lipinski definition) is 4. The number of hydroxylamine groups is 2. The lowest BCUT2D eigenvalue weighted by Gasteiger charge is -2.51. The van der Waals surface area contributed by atoms with E-state index in [2.05, 4.69) is 19.7 Å². The molecule has 3 heterocycles. The van der Waals surface area contributed by atoms with Gasteiger partial charge in [0.05, 0.1) is 23.8 Å². The second-order valence-electron chi connectivity index (χ2n) is 10.9. The first-order chi connectivity index (χ1) is 23.6. The maximum Gasteiger partial charge on any atom is 0.373 e. The van der Waals surface area contributed by atoms with Crippen molar-refractivity contribution >= 4 is 50.5 Å². The highest BCUT2D eigenvalue weighted by Crippen LogP contribution is 2.33. The third-order valence-corrected chi connectivity index (χ3v) is 8.03.